The molecule has 0 saturated carbocycles. The second-order valence-corrected chi connectivity index (χ2v) is 4.98. The Labute approximate surface area is 112 Å². The van der Waals surface area contributed by atoms with E-state index in [1.165, 1.54) is 0 Å². The number of amides is 1. The van der Waals surface area contributed by atoms with Crippen LogP contribution >= 0.6 is 23.2 Å². The molecule has 0 aliphatic rings. The summed E-state index contributed by atoms with van der Waals surface area (Å²) in [7, 11) is 1.78. The molecule has 1 rings (SSSR count). The van der Waals surface area contributed by atoms with Crippen LogP contribution in [0.2, 0.25) is 10.0 Å². The van der Waals surface area contributed by atoms with E-state index in [-0.39, 0.29) is 18.5 Å². The van der Waals surface area contributed by atoms with Crippen molar-refractivity contribution in [1.29, 1.82) is 0 Å². The lowest BCUT2D eigenvalue weighted by Crippen LogP contribution is -2.37. The quantitative estimate of drug-likeness (QED) is 0.914. The van der Waals surface area contributed by atoms with Crippen molar-refractivity contribution in [3.05, 3.63) is 28.2 Å². The highest BCUT2D eigenvalue weighted by Gasteiger charge is 2.11. The Morgan fingerprint density at radius 3 is 2.29 bits per heavy atom. The van der Waals surface area contributed by atoms with Crippen LogP contribution in [0.1, 0.15) is 13.8 Å². The Balaban J connectivity index is 2.58. The Hall–Kier alpha value is -0.930. The third-order valence-corrected chi connectivity index (χ3v) is 2.91. The molecule has 94 valence electrons. The third-order valence-electron chi connectivity index (χ3n) is 2.47. The van der Waals surface area contributed by atoms with E-state index < -0.39 is 0 Å². The number of carbonyl (C=O) groups excluding carboxylic acids is 1. The largest absolute Gasteiger partial charge is 0.376 e. The standard InChI is InChI=1S/C12H16Cl2N2O/c1-8(2)16(3)12(17)7-15-11-5-9(13)4-10(14)6-11/h4-6,8,15H,7H2,1-3H3. The van der Waals surface area contributed by atoms with E-state index in [0.717, 1.165) is 5.69 Å². The number of rotatable bonds is 4. The molecule has 5 heteroatoms. The second kappa shape index (κ2) is 6.12. The van der Waals surface area contributed by atoms with Gasteiger partial charge >= 0.3 is 0 Å². The molecular formula is C12H16Cl2N2O. The van der Waals surface area contributed by atoms with Gasteiger partial charge in [0, 0.05) is 28.8 Å². The van der Waals surface area contributed by atoms with E-state index in [4.69, 9.17) is 23.2 Å². The number of benzene rings is 1. The lowest BCUT2D eigenvalue weighted by atomic mass is 10.3. The Morgan fingerprint density at radius 2 is 1.82 bits per heavy atom. The van der Waals surface area contributed by atoms with E-state index in [2.05, 4.69) is 5.32 Å². The third kappa shape index (κ3) is 4.44. The average molecular weight is 275 g/mol. The summed E-state index contributed by atoms with van der Waals surface area (Å²) < 4.78 is 0. The molecule has 0 radical (unpaired) electrons. The SMILES string of the molecule is CC(C)N(C)C(=O)CNc1cc(Cl)cc(Cl)c1. The number of carbonyl (C=O) groups is 1. The predicted molar refractivity (Wildman–Crippen MR) is 72.9 cm³/mol. The van der Waals surface area contributed by atoms with Gasteiger partial charge in [-0.1, -0.05) is 23.2 Å². The molecule has 0 aliphatic heterocycles. The van der Waals surface area contributed by atoms with Crippen LogP contribution in [0.4, 0.5) is 5.69 Å². The predicted octanol–water partition coefficient (Wildman–Crippen LogP) is 3.27. The maximum Gasteiger partial charge on any atom is 0.241 e. The first-order valence-electron chi connectivity index (χ1n) is 5.35. The van der Waals surface area contributed by atoms with Crippen molar-refractivity contribution in [3.63, 3.8) is 0 Å². The first-order valence-corrected chi connectivity index (χ1v) is 6.11. The summed E-state index contributed by atoms with van der Waals surface area (Å²) in [5.41, 5.74) is 0.744. The number of nitrogens with zero attached hydrogens (tertiary/aromatic N) is 1. The topological polar surface area (TPSA) is 32.3 Å². The fourth-order valence-corrected chi connectivity index (χ4v) is 1.77. The zero-order chi connectivity index (χ0) is 13.0. The normalized spacial score (nSPS) is 10.5. The van der Waals surface area contributed by atoms with Gasteiger partial charge in [-0.2, -0.15) is 0 Å². The van der Waals surface area contributed by atoms with Gasteiger partial charge in [-0.05, 0) is 32.0 Å². The minimum Gasteiger partial charge on any atom is -0.376 e. The molecule has 0 spiro atoms. The van der Waals surface area contributed by atoms with Crippen molar-refractivity contribution in [3.8, 4) is 0 Å². The van der Waals surface area contributed by atoms with E-state index in [0.29, 0.717) is 10.0 Å². The summed E-state index contributed by atoms with van der Waals surface area (Å²) in [6, 6.07) is 5.30. The molecule has 1 N–H and O–H groups in total. The summed E-state index contributed by atoms with van der Waals surface area (Å²) in [6.45, 7) is 4.16. The Morgan fingerprint density at radius 1 is 1.29 bits per heavy atom. The molecule has 0 fully saturated rings. The van der Waals surface area contributed by atoms with Crippen molar-refractivity contribution in [2.45, 2.75) is 19.9 Å². The maximum atomic E-state index is 11.7. The van der Waals surface area contributed by atoms with Gasteiger partial charge in [0.1, 0.15) is 0 Å². The van der Waals surface area contributed by atoms with E-state index in [9.17, 15) is 4.79 Å². The van der Waals surface area contributed by atoms with Crippen molar-refractivity contribution in [1.82, 2.24) is 4.90 Å². The van der Waals surface area contributed by atoms with Gasteiger partial charge in [0.2, 0.25) is 5.91 Å². The van der Waals surface area contributed by atoms with Gasteiger partial charge in [0.05, 0.1) is 6.54 Å². The van der Waals surface area contributed by atoms with Crippen LogP contribution in [0, 0.1) is 0 Å². The number of halogens is 2. The number of likely N-dealkylation sites (N-methyl/N-ethyl adjacent to an activating group) is 1. The van der Waals surface area contributed by atoms with E-state index >= 15 is 0 Å². The minimum absolute atomic E-state index is 0.0242. The molecular weight excluding hydrogens is 259 g/mol. The molecule has 1 aromatic rings. The first kappa shape index (κ1) is 14.1. The Bertz CT molecular complexity index is 387. The fraction of sp³-hybridized carbons (Fsp3) is 0.417. The highest BCUT2D eigenvalue weighted by atomic mass is 35.5. The summed E-state index contributed by atoms with van der Waals surface area (Å²) in [4.78, 5) is 13.4. The summed E-state index contributed by atoms with van der Waals surface area (Å²) >= 11 is 11.7. The van der Waals surface area contributed by atoms with Crippen LogP contribution in [0.15, 0.2) is 18.2 Å². The van der Waals surface area contributed by atoms with Crippen LogP contribution < -0.4 is 5.32 Å². The fourth-order valence-electron chi connectivity index (χ4n) is 1.25. The molecule has 0 unspecified atom stereocenters. The molecule has 3 nitrogen and oxygen atoms in total. The monoisotopic (exact) mass is 274 g/mol. The lowest BCUT2D eigenvalue weighted by Gasteiger charge is -2.21. The van der Waals surface area contributed by atoms with Gasteiger partial charge in [0.15, 0.2) is 0 Å². The number of anilines is 1. The number of hydrogen-bond donors (Lipinski definition) is 1. The van der Waals surface area contributed by atoms with Gasteiger partial charge < -0.3 is 10.2 Å². The van der Waals surface area contributed by atoms with Crippen LogP contribution in [-0.2, 0) is 4.79 Å². The molecule has 0 saturated heterocycles. The Kier molecular flexibility index (Phi) is 5.09. The smallest absolute Gasteiger partial charge is 0.241 e. The molecule has 0 bridgehead atoms. The zero-order valence-corrected chi connectivity index (χ0v) is 11.6. The molecule has 0 aliphatic carbocycles. The molecule has 17 heavy (non-hydrogen) atoms. The molecule has 0 aromatic heterocycles. The van der Waals surface area contributed by atoms with Gasteiger partial charge in [-0.15, -0.1) is 0 Å². The molecule has 0 atom stereocenters. The highest BCUT2D eigenvalue weighted by Crippen LogP contribution is 2.22. The maximum absolute atomic E-state index is 11.7. The van der Waals surface area contributed by atoms with Crippen molar-refractivity contribution in [2.24, 2.45) is 0 Å². The summed E-state index contributed by atoms with van der Waals surface area (Å²) in [6.07, 6.45) is 0. The van der Waals surface area contributed by atoms with Gasteiger partial charge in [0.25, 0.3) is 0 Å². The van der Waals surface area contributed by atoms with Crippen LogP contribution in [0.5, 0.6) is 0 Å². The van der Waals surface area contributed by atoms with E-state index in [1.54, 1.807) is 30.1 Å². The van der Waals surface area contributed by atoms with Gasteiger partial charge in [-0.25, -0.2) is 0 Å². The molecule has 1 amide bonds. The van der Waals surface area contributed by atoms with Crippen LogP contribution in [0.3, 0.4) is 0 Å². The van der Waals surface area contributed by atoms with Crippen LogP contribution in [-0.4, -0.2) is 30.4 Å². The first-order chi connectivity index (χ1) is 7.90. The van der Waals surface area contributed by atoms with Crippen LogP contribution in [0.25, 0.3) is 0 Å². The summed E-state index contributed by atoms with van der Waals surface area (Å²) in [5, 5.41) is 4.09. The average Bonchev–Trinajstić information content (AvgIpc) is 2.23. The van der Waals surface area contributed by atoms with Gasteiger partial charge in [-0.3, -0.25) is 4.79 Å². The minimum atomic E-state index is 0.0242. The summed E-state index contributed by atoms with van der Waals surface area (Å²) in [5.74, 6) is 0.0242. The highest BCUT2D eigenvalue weighted by molar-refractivity contribution is 6.35. The zero-order valence-electron chi connectivity index (χ0n) is 10.1. The lowest BCUT2D eigenvalue weighted by molar-refractivity contribution is -0.129. The van der Waals surface area contributed by atoms with Crippen molar-refractivity contribution < 1.29 is 4.79 Å². The van der Waals surface area contributed by atoms with Crippen molar-refractivity contribution in [2.75, 3.05) is 18.9 Å². The van der Waals surface area contributed by atoms with Crippen molar-refractivity contribution >= 4 is 34.8 Å². The number of nitrogens with one attached hydrogen (secondary N) is 1. The molecule has 1 aromatic carbocycles. The molecule has 0 heterocycles. The number of hydrogen-bond acceptors (Lipinski definition) is 2. The second-order valence-electron chi connectivity index (χ2n) is 4.11. The van der Waals surface area contributed by atoms with E-state index in [1.807, 2.05) is 13.8 Å².